The number of allylic oxidation sites excluding steroid dienone is 2. The molecule has 0 radical (unpaired) electrons. The van der Waals surface area contributed by atoms with E-state index in [0.29, 0.717) is 25.9 Å². The van der Waals surface area contributed by atoms with Gasteiger partial charge < -0.3 is 20.3 Å². The fourth-order valence-corrected chi connectivity index (χ4v) is 9.99. The molecule has 0 aromatic heterocycles. The molecule has 2 unspecified atom stereocenters. The maximum Gasteiger partial charge on any atom is 0.305 e. The molecule has 6 heteroatoms. The van der Waals surface area contributed by atoms with Gasteiger partial charge in [-0.15, -0.1) is 0 Å². The molecule has 410 valence electrons. The van der Waals surface area contributed by atoms with Crippen molar-refractivity contribution in [2.24, 2.45) is 0 Å². The van der Waals surface area contributed by atoms with E-state index in [4.69, 9.17) is 4.74 Å². The van der Waals surface area contributed by atoms with E-state index in [1.54, 1.807) is 0 Å². The van der Waals surface area contributed by atoms with Gasteiger partial charge >= 0.3 is 5.97 Å². The van der Waals surface area contributed by atoms with Crippen LogP contribution in [0.15, 0.2) is 12.2 Å². The van der Waals surface area contributed by atoms with Crippen LogP contribution in [-0.4, -0.2) is 47.4 Å². The minimum absolute atomic E-state index is 0.0176. The molecule has 0 aliphatic heterocycles. The normalized spacial score (nSPS) is 12.6. The van der Waals surface area contributed by atoms with Crippen LogP contribution in [-0.2, 0) is 14.3 Å². The van der Waals surface area contributed by atoms with Gasteiger partial charge in [0.1, 0.15) is 0 Å². The van der Waals surface area contributed by atoms with Crippen LogP contribution >= 0.6 is 0 Å². The van der Waals surface area contributed by atoms with Crippen LogP contribution in [0.3, 0.4) is 0 Å². The van der Waals surface area contributed by atoms with E-state index in [2.05, 4.69) is 31.3 Å². The van der Waals surface area contributed by atoms with Gasteiger partial charge in [0.05, 0.1) is 25.4 Å². The summed E-state index contributed by atoms with van der Waals surface area (Å²) in [6.45, 7) is 4.93. The van der Waals surface area contributed by atoms with Crippen molar-refractivity contribution in [1.29, 1.82) is 0 Å². The number of carbonyl (C=O) groups excluding carboxylic acids is 2. The Balaban J connectivity index is 3.44. The third kappa shape index (κ3) is 55.8. The zero-order valence-corrected chi connectivity index (χ0v) is 46.8. The Morgan fingerprint density at radius 3 is 1.03 bits per heavy atom. The molecular weight excluding hydrogens is 851 g/mol. The van der Waals surface area contributed by atoms with Gasteiger partial charge in [-0.2, -0.15) is 0 Å². The van der Waals surface area contributed by atoms with Crippen molar-refractivity contribution < 1.29 is 24.5 Å². The summed E-state index contributed by atoms with van der Waals surface area (Å²) < 4.78 is 5.48. The van der Waals surface area contributed by atoms with Crippen LogP contribution in [0.1, 0.15) is 354 Å². The molecule has 0 aromatic carbocycles. The van der Waals surface area contributed by atoms with Gasteiger partial charge in [0.15, 0.2) is 0 Å². The monoisotopic (exact) mass is 974 g/mol. The standard InChI is InChI=1S/C63H123NO5/c1-3-5-7-9-11-13-15-17-19-21-23-24-25-26-28-29-31-33-35-39-43-47-51-55-61(66)60(59-65)64-62(67)56-52-48-44-40-37-38-42-46-50-54-58-69-63(68)57-53-49-45-41-36-34-32-30-27-22-20-18-16-14-12-10-8-6-4-2/h18,20,60-61,65-66H,3-17,19,21-59H2,1-2H3,(H,64,67)/b20-18-. The summed E-state index contributed by atoms with van der Waals surface area (Å²) in [5, 5.41) is 23.4. The minimum Gasteiger partial charge on any atom is -0.466 e. The average molecular weight is 975 g/mol. The number of aliphatic hydroxyl groups is 2. The van der Waals surface area contributed by atoms with Crippen molar-refractivity contribution in [3.63, 3.8) is 0 Å². The van der Waals surface area contributed by atoms with Crippen LogP contribution in [0.4, 0.5) is 0 Å². The maximum absolute atomic E-state index is 12.5. The Morgan fingerprint density at radius 2 is 0.681 bits per heavy atom. The molecule has 2 atom stereocenters. The SMILES string of the molecule is CCCCCCCC/C=C\CCCCCCCCCCCC(=O)OCCCCCCCCCCCCC(=O)NC(CO)C(O)CCCCCCCCCCCCCCCCCCCCCCCCC. The number of hydrogen-bond acceptors (Lipinski definition) is 5. The Kier molecular flexibility index (Phi) is 58.0. The highest BCUT2D eigenvalue weighted by Gasteiger charge is 2.20. The molecule has 0 aromatic rings. The Bertz CT molecular complexity index is 1030. The minimum atomic E-state index is -0.680. The smallest absolute Gasteiger partial charge is 0.305 e. The van der Waals surface area contributed by atoms with Gasteiger partial charge in [-0.05, 0) is 51.4 Å². The lowest BCUT2D eigenvalue weighted by molar-refractivity contribution is -0.143. The number of unbranched alkanes of at least 4 members (excludes halogenated alkanes) is 46. The summed E-state index contributed by atoms with van der Waals surface area (Å²) >= 11 is 0. The highest BCUT2D eigenvalue weighted by Crippen LogP contribution is 2.18. The molecule has 0 saturated carbocycles. The molecule has 6 nitrogen and oxygen atoms in total. The van der Waals surface area contributed by atoms with E-state index in [-0.39, 0.29) is 18.5 Å². The zero-order valence-electron chi connectivity index (χ0n) is 46.8. The molecule has 0 heterocycles. The molecule has 0 bridgehead atoms. The summed E-state index contributed by atoms with van der Waals surface area (Å²) in [6.07, 6.45) is 70.7. The molecule has 3 N–H and O–H groups in total. The van der Waals surface area contributed by atoms with Gasteiger partial charge in [0.2, 0.25) is 5.91 Å². The number of nitrogens with one attached hydrogen (secondary N) is 1. The lowest BCUT2D eigenvalue weighted by Gasteiger charge is -2.22. The lowest BCUT2D eigenvalue weighted by atomic mass is 10.0. The summed E-state index contributed by atoms with van der Waals surface area (Å²) in [5.41, 5.74) is 0. The van der Waals surface area contributed by atoms with Gasteiger partial charge in [0.25, 0.3) is 0 Å². The number of esters is 1. The number of rotatable bonds is 59. The maximum atomic E-state index is 12.5. The summed E-state index contributed by atoms with van der Waals surface area (Å²) in [7, 11) is 0. The average Bonchev–Trinajstić information content (AvgIpc) is 3.35. The first-order chi connectivity index (χ1) is 34.0. The second kappa shape index (κ2) is 59.2. The third-order valence-electron chi connectivity index (χ3n) is 14.8. The van der Waals surface area contributed by atoms with Crippen molar-refractivity contribution in [1.82, 2.24) is 5.32 Å². The molecule has 69 heavy (non-hydrogen) atoms. The number of amides is 1. The van der Waals surface area contributed by atoms with Crippen LogP contribution in [0.25, 0.3) is 0 Å². The van der Waals surface area contributed by atoms with E-state index in [9.17, 15) is 19.8 Å². The molecular formula is C63H123NO5. The van der Waals surface area contributed by atoms with Crippen molar-refractivity contribution in [2.75, 3.05) is 13.2 Å². The number of carbonyl (C=O) groups is 2. The van der Waals surface area contributed by atoms with Crippen LogP contribution in [0.5, 0.6) is 0 Å². The molecule has 1 amide bonds. The Hall–Kier alpha value is -1.40. The Morgan fingerprint density at radius 1 is 0.391 bits per heavy atom. The summed E-state index contributed by atoms with van der Waals surface area (Å²) in [5.74, 6) is -0.0709. The first-order valence-electron chi connectivity index (χ1n) is 31.4. The van der Waals surface area contributed by atoms with Crippen molar-refractivity contribution in [3.8, 4) is 0 Å². The van der Waals surface area contributed by atoms with Crippen molar-refractivity contribution >= 4 is 11.9 Å². The summed E-state index contributed by atoms with van der Waals surface area (Å²) in [6, 6.07) is -0.559. The van der Waals surface area contributed by atoms with Gasteiger partial charge in [-0.25, -0.2) is 0 Å². The highest BCUT2D eigenvalue weighted by atomic mass is 16.5. The van der Waals surface area contributed by atoms with Gasteiger partial charge in [0, 0.05) is 12.8 Å². The zero-order chi connectivity index (χ0) is 50.0. The molecule has 0 aliphatic rings. The van der Waals surface area contributed by atoms with E-state index >= 15 is 0 Å². The first-order valence-corrected chi connectivity index (χ1v) is 31.4. The van der Waals surface area contributed by atoms with Gasteiger partial charge in [-0.1, -0.05) is 302 Å². The second-order valence-electron chi connectivity index (χ2n) is 21.7. The van der Waals surface area contributed by atoms with E-state index in [1.165, 1.54) is 263 Å². The molecule has 0 saturated heterocycles. The molecule has 0 aliphatic carbocycles. The number of hydrogen-bond donors (Lipinski definition) is 3. The van der Waals surface area contributed by atoms with Crippen molar-refractivity contribution in [2.45, 2.75) is 366 Å². The first kappa shape index (κ1) is 67.6. The quantitative estimate of drug-likeness (QED) is 0.0321. The fourth-order valence-electron chi connectivity index (χ4n) is 9.99. The van der Waals surface area contributed by atoms with Crippen LogP contribution < -0.4 is 5.32 Å². The number of ether oxygens (including phenoxy) is 1. The molecule has 0 fully saturated rings. The van der Waals surface area contributed by atoms with E-state index in [0.717, 1.165) is 57.8 Å². The van der Waals surface area contributed by atoms with Gasteiger partial charge in [-0.3, -0.25) is 9.59 Å². The summed E-state index contributed by atoms with van der Waals surface area (Å²) in [4.78, 5) is 24.6. The molecule has 0 spiro atoms. The molecule has 0 rings (SSSR count). The Labute approximate surface area is 431 Å². The van der Waals surface area contributed by atoms with E-state index < -0.39 is 12.1 Å². The predicted molar refractivity (Wildman–Crippen MR) is 301 cm³/mol. The highest BCUT2D eigenvalue weighted by molar-refractivity contribution is 5.76. The van der Waals surface area contributed by atoms with E-state index in [1.807, 2.05) is 0 Å². The van der Waals surface area contributed by atoms with Crippen LogP contribution in [0, 0.1) is 0 Å². The largest absolute Gasteiger partial charge is 0.466 e. The predicted octanol–water partition coefficient (Wildman–Crippen LogP) is 19.6. The number of aliphatic hydroxyl groups excluding tert-OH is 2. The lowest BCUT2D eigenvalue weighted by Crippen LogP contribution is -2.45. The van der Waals surface area contributed by atoms with Crippen molar-refractivity contribution in [3.05, 3.63) is 12.2 Å². The topological polar surface area (TPSA) is 95.9 Å². The fraction of sp³-hybridized carbons (Fsp3) is 0.937. The second-order valence-corrected chi connectivity index (χ2v) is 21.7. The third-order valence-corrected chi connectivity index (χ3v) is 14.8. The van der Waals surface area contributed by atoms with Crippen LogP contribution in [0.2, 0.25) is 0 Å².